The normalized spacial score (nSPS) is 12.3. The van der Waals surface area contributed by atoms with E-state index < -0.39 is 0 Å². The fourth-order valence-corrected chi connectivity index (χ4v) is 3.88. The summed E-state index contributed by atoms with van der Waals surface area (Å²) in [5, 5.41) is 17.1. The first-order valence-corrected chi connectivity index (χ1v) is 9.86. The van der Waals surface area contributed by atoms with Crippen LogP contribution in [0, 0.1) is 13.8 Å². The Balaban J connectivity index is 1.81. The number of benzene rings is 2. The lowest BCUT2D eigenvalue weighted by Gasteiger charge is -2.20. The van der Waals surface area contributed by atoms with Gasteiger partial charge in [0.05, 0.1) is 24.5 Å². The maximum absolute atomic E-state index is 6.54. The number of tetrazole rings is 1. The maximum Gasteiger partial charge on any atom is 0.178 e. The van der Waals surface area contributed by atoms with Gasteiger partial charge in [-0.3, -0.25) is 5.32 Å². The zero-order chi connectivity index (χ0) is 20.4. The molecule has 0 aliphatic heterocycles. The number of hydrogen-bond donors (Lipinski definition) is 1. The van der Waals surface area contributed by atoms with Crippen LogP contribution in [0.25, 0.3) is 5.69 Å². The Hall–Kier alpha value is -2.67. The second-order valence-corrected chi connectivity index (χ2v) is 7.59. The summed E-state index contributed by atoms with van der Waals surface area (Å²) in [5.74, 6) is 1.42. The summed E-state index contributed by atoms with van der Waals surface area (Å²) in [5.41, 5.74) is 3.92. The molecule has 1 unspecified atom stereocenters. The van der Waals surface area contributed by atoms with E-state index in [2.05, 4.69) is 20.8 Å². The fourth-order valence-electron chi connectivity index (χ4n) is 3.36. The predicted octanol–water partition coefficient (Wildman–Crippen LogP) is 5.06. The Morgan fingerprint density at radius 2 is 1.86 bits per heavy atom. The monoisotopic (exact) mass is 427 g/mol. The number of hydrogen-bond acceptors (Lipinski definition) is 5. The molecule has 0 amide bonds. The van der Waals surface area contributed by atoms with Crippen molar-refractivity contribution in [3.05, 3.63) is 93.1 Å². The van der Waals surface area contributed by atoms with Crippen molar-refractivity contribution in [3.8, 4) is 5.69 Å². The number of nitrogens with zero attached hydrogens (tertiary/aromatic N) is 4. The number of furan rings is 1. The molecule has 4 aromatic rings. The molecule has 4 rings (SSSR count). The van der Waals surface area contributed by atoms with Crippen LogP contribution in [0.1, 0.15) is 34.3 Å². The van der Waals surface area contributed by atoms with Gasteiger partial charge in [0.15, 0.2) is 5.82 Å². The largest absolute Gasteiger partial charge is 0.468 e. The highest BCUT2D eigenvalue weighted by Crippen LogP contribution is 2.31. The minimum Gasteiger partial charge on any atom is -0.468 e. The van der Waals surface area contributed by atoms with Gasteiger partial charge in [-0.1, -0.05) is 47.5 Å². The first-order chi connectivity index (χ1) is 14.0. The van der Waals surface area contributed by atoms with E-state index in [0.717, 1.165) is 28.1 Å². The van der Waals surface area contributed by atoms with Gasteiger partial charge in [0.1, 0.15) is 5.76 Å². The van der Waals surface area contributed by atoms with Crippen molar-refractivity contribution >= 4 is 23.2 Å². The minimum atomic E-state index is -0.376. The number of rotatable bonds is 6. The molecule has 1 atom stereocenters. The SMILES string of the molecule is Cc1cccc(C)c1-n1nnnc1C(NCc1ccco1)c1ccc(Cl)cc1Cl. The van der Waals surface area contributed by atoms with E-state index in [1.54, 1.807) is 23.1 Å². The molecule has 8 heteroatoms. The van der Waals surface area contributed by atoms with Crippen LogP contribution in [-0.4, -0.2) is 20.2 Å². The predicted molar refractivity (Wildman–Crippen MR) is 112 cm³/mol. The summed E-state index contributed by atoms with van der Waals surface area (Å²) in [6.45, 7) is 4.55. The van der Waals surface area contributed by atoms with E-state index in [4.69, 9.17) is 27.6 Å². The first-order valence-electron chi connectivity index (χ1n) is 9.10. The number of para-hydroxylation sites is 1. The van der Waals surface area contributed by atoms with Crippen LogP contribution in [0.15, 0.2) is 59.2 Å². The van der Waals surface area contributed by atoms with Crippen molar-refractivity contribution in [2.75, 3.05) is 0 Å². The molecular formula is C21H19Cl2N5O. The Morgan fingerprint density at radius 1 is 1.07 bits per heavy atom. The third-order valence-corrected chi connectivity index (χ3v) is 5.30. The van der Waals surface area contributed by atoms with E-state index >= 15 is 0 Å². The Morgan fingerprint density at radius 3 is 2.55 bits per heavy atom. The molecule has 6 nitrogen and oxygen atoms in total. The van der Waals surface area contributed by atoms with Gasteiger partial charge in [0.25, 0.3) is 0 Å². The first kappa shape index (κ1) is 19.6. The van der Waals surface area contributed by atoms with E-state index in [-0.39, 0.29) is 6.04 Å². The Bertz CT molecular complexity index is 1100. The van der Waals surface area contributed by atoms with Gasteiger partial charge in [0, 0.05) is 10.0 Å². The van der Waals surface area contributed by atoms with Crippen molar-refractivity contribution in [1.82, 2.24) is 25.5 Å². The summed E-state index contributed by atoms with van der Waals surface area (Å²) in [6.07, 6.45) is 1.64. The van der Waals surface area contributed by atoms with E-state index in [9.17, 15) is 0 Å². The smallest absolute Gasteiger partial charge is 0.178 e. The molecule has 0 spiro atoms. The Labute approximate surface area is 178 Å². The topological polar surface area (TPSA) is 68.8 Å². The van der Waals surface area contributed by atoms with Crippen LogP contribution in [0.5, 0.6) is 0 Å². The van der Waals surface area contributed by atoms with Gasteiger partial charge in [-0.2, -0.15) is 4.68 Å². The molecular weight excluding hydrogens is 409 g/mol. The standard InChI is InChI=1S/C21H19Cl2N5O/c1-13-5-3-6-14(2)20(13)28-21(25-26-27-28)19(24-12-16-7-4-10-29-16)17-9-8-15(22)11-18(17)23/h3-11,19,24H,12H2,1-2H3. The number of aryl methyl sites for hydroxylation is 2. The molecule has 0 radical (unpaired) electrons. The van der Waals surface area contributed by atoms with Crippen LogP contribution in [0.4, 0.5) is 0 Å². The van der Waals surface area contributed by atoms with Gasteiger partial charge < -0.3 is 4.42 Å². The lowest BCUT2D eigenvalue weighted by atomic mass is 10.0. The van der Waals surface area contributed by atoms with Crippen LogP contribution in [0.2, 0.25) is 10.0 Å². The molecule has 2 heterocycles. The number of aromatic nitrogens is 4. The van der Waals surface area contributed by atoms with Gasteiger partial charge >= 0.3 is 0 Å². The van der Waals surface area contributed by atoms with E-state index in [0.29, 0.717) is 22.4 Å². The second-order valence-electron chi connectivity index (χ2n) is 6.75. The number of nitrogens with one attached hydrogen (secondary N) is 1. The lowest BCUT2D eigenvalue weighted by Crippen LogP contribution is -2.26. The molecule has 148 valence electrons. The number of halogens is 2. The van der Waals surface area contributed by atoms with Gasteiger partial charge in [0.2, 0.25) is 0 Å². The van der Waals surface area contributed by atoms with E-state index in [1.165, 1.54) is 0 Å². The molecule has 29 heavy (non-hydrogen) atoms. The van der Waals surface area contributed by atoms with Crippen LogP contribution in [0.3, 0.4) is 0 Å². The van der Waals surface area contributed by atoms with Crippen molar-refractivity contribution in [2.24, 2.45) is 0 Å². The molecule has 2 aromatic heterocycles. The second kappa shape index (κ2) is 8.37. The highest BCUT2D eigenvalue weighted by Gasteiger charge is 2.25. The molecule has 0 bridgehead atoms. The average molecular weight is 428 g/mol. The third-order valence-electron chi connectivity index (χ3n) is 4.74. The summed E-state index contributed by atoms with van der Waals surface area (Å²) >= 11 is 12.6. The molecule has 0 fully saturated rings. The van der Waals surface area contributed by atoms with Crippen molar-refractivity contribution < 1.29 is 4.42 Å². The van der Waals surface area contributed by atoms with Crippen molar-refractivity contribution in [3.63, 3.8) is 0 Å². The van der Waals surface area contributed by atoms with Crippen molar-refractivity contribution in [1.29, 1.82) is 0 Å². The highest BCUT2D eigenvalue weighted by atomic mass is 35.5. The molecule has 0 aliphatic carbocycles. The molecule has 0 aliphatic rings. The molecule has 1 N–H and O–H groups in total. The summed E-state index contributed by atoms with van der Waals surface area (Å²) in [4.78, 5) is 0. The average Bonchev–Trinajstić information content (AvgIpc) is 3.36. The van der Waals surface area contributed by atoms with Gasteiger partial charge in [-0.05, 0) is 65.2 Å². The van der Waals surface area contributed by atoms with Gasteiger partial charge in [-0.15, -0.1) is 5.10 Å². The zero-order valence-corrected chi connectivity index (χ0v) is 17.4. The minimum absolute atomic E-state index is 0.376. The summed E-state index contributed by atoms with van der Waals surface area (Å²) in [7, 11) is 0. The van der Waals surface area contributed by atoms with E-state index in [1.807, 2.05) is 50.2 Å². The molecule has 0 saturated carbocycles. The molecule has 0 saturated heterocycles. The molecule has 2 aromatic carbocycles. The third kappa shape index (κ3) is 4.05. The van der Waals surface area contributed by atoms with Gasteiger partial charge in [-0.25, -0.2) is 0 Å². The summed E-state index contributed by atoms with van der Waals surface area (Å²) in [6, 6.07) is 14.9. The van der Waals surface area contributed by atoms with Crippen molar-refractivity contribution in [2.45, 2.75) is 26.4 Å². The quantitative estimate of drug-likeness (QED) is 0.465. The van der Waals surface area contributed by atoms with Crippen LogP contribution >= 0.6 is 23.2 Å². The van der Waals surface area contributed by atoms with Crippen LogP contribution < -0.4 is 5.32 Å². The zero-order valence-electron chi connectivity index (χ0n) is 15.9. The Kier molecular flexibility index (Phi) is 5.67. The van der Waals surface area contributed by atoms with Crippen LogP contribution in [-0.2, 0) is 6.54 Å². The fraction of sp³-hybridized carbons (Fsp3) is 0.190. The highest BCUT2D eigenvalue weighted by molar-refractivity contribution is 6.35. The maximum atomic E-state index is 6.54. The lowest BCUT2D eigenvalue weighted by molar-refractivity contribution is 0.460. The summed E-state index contributed by atoms with van der Waals surface area (Å²) < 4.78 is 7.22.